The molecule has 0 saturated carbocycles. The standard InChI is InChI=1S/C15H18N2O4/c1-8(2)16-7-13(19)9-4-5-12(18)14-10(9)6-11(17-14)15(20)21-3/h4-6,8,16-18H,7H2,1-3H3. The van der Waals surface area contributed by atoms with Gasteiger partial charge in [-0.2, -0.15) is 0 Å². The second-order valence-corrected chi connectivity index (χ2v) is 5.05. The van der Waals surface area contributed by atoms with Crippen molar-refractivity contribution in [1.82, 2.24) is 10.3 Å². The number of H-pyrrole nitrogens is 1. The number of carbonyl (C=O) groups excluding carboxylic acids is 2. The summed E-state index contributed by atoms with van der Waals surface area (Å²) in [7, 11) is 1.27. The third-order valence-corrected chi connectivity index (χ3v) is 3.15. The van der Waals surface area contributed by atoms with E-state index in [1.54, 1.807) is 6.07 Å². The number of phenolic OH excluding ortho intramolecular Hbond substituents is 1. The van der Waals surface area contributed by atoms with Crippen molar-refractivity contribution in [3.8, 4) is 5.75 Å². The van der Waals surface area contributed by atoms with Gasteiger partial charge in [-0.15, -0.1) is 0 Å². The monoisotopic (exact) mass is 290 g/mol. The van der Waals surface area contributed by atoms with Crippen molar-refractivity contribution in [3.63, 3.8) is 0 Å². The van der Waals surface area contributed by atoms with Gasteiger partial charge in [0.15, 0.2) is 5.78 Å². The van der Waals surface area contributed by atoms with Gasteiger partial charge in [0.25, 0.3) is 0 Å². The second kappa shape index (κ2) is 5.97. The van der Waals surface area contributed by atoms with Crippen molar-refractivity contribution >= 4 is 22.7 Å². The molecule has 6 nitrogen and oxygen atoms in total. The Kier molecular flexibility index (Phi) is 4.28. The van der Waals surface area contributed by atoms with Crippen LogP contribution in [0.2, 0.25) is 0 Å². The Morgan fingerprint density at radius 3 is 2.71 bits per heavy atom. The summed E-state index contributed by atoms with van der Waals surface area (Å²) >= 11 is 0. The maximum absolute atomic E-state index is 12.2. The highest BCUT2D eigenvalue weighted by molar-refractivity contribution is 6.11. The summed E-state index contributed by atoms with van der Waals surface area (Å²) in [6.07, 6.45) is 0. The van der Waals surface area contributed by atoms with Crippen LogP contribution >= 0.6 is 0 Å². The zero-order valence-corrected chi connectivity index (χ0v) is 12.2. The van der Waals surface area contributed by atoms with Gasteiger partial charge in [0.2, 0.25) is 0 Å². The molecule has 0 aliphatic carbocycles. The lowest BCUT2D eigenvalue weighted by atomic mass is 10.0. The Balaban J connectivity index is 2.45. The number of aromatic amines is 1. The molecule has 21 heavy (non-hydrogen) atoms. The fraction of sp³-hybridized carbons (Fsp3) is 0.333. The Morgan fingerprint density at radius 2 is 2.10 bits per heavy atom. The molecule has 3 N–H and O–H groups in total. The first-order valence-electron chi connectivity index (χ1n) is 6.63. The summed E-state index contributed by atoms with van der Waals surface area (Å²) < 4.78 is 4.64. The molecule has 2 rings (SSSR count). The van der Waals surface area contributed by atoms with Crippen LogP contribution in [0.1, 0.15) is 34.7 Å². The first-order valence-corrected chi connectivity index (χ1v) is 6.63. The molecule has 0 amide bonds. The summed E-state index contributed by atoms with van der Waals surface area (Å²) in [6.45, 7) is 4.09. The van der Waals surface area contributed by atoms with Crippen molar-refractivity contribution in [1.29, 1.82) is 0 Å². The van der Waals surface area contributed by atoms with Crippen molar-refractivity contribution in [2.75, 3.05) is 13.7 Å². The van der Waals surface area contributed by atoms with Crippen LogP contribution in [0.5, 0.6) is 5.75 Å². The van der Waals surface area contributed by atoms with Crippen molar-refractivity contribution in [2.24, 2.45) is 0 Å². The van der Waals surface area contributed by atoms with E-state index in [-0.39, 0.29) is 29.8 Å². The molecule has 0 fully saturated rings. The third-order valence-electron chi connectivity index (χ3n) is 3.15. The van der Waals surface area contributed by atoms with E-state index in [1.807, 2.05) is 13.8 Å². The first-order chi connectivity index (χ1) is 9.93. The van der Waals surface area contributed by atoms with Crippen molar-refractivity contribution < 1.29 is 19.4 Å². The van der Waals surface area contributed by atoms with Crippen LogP contribution in [-0.4, -0.2) is 41.5 Å². The molecule has 0 spiro atoms. The number of nitrogens with one attached hydrogen (secondary N) is 2. The third kappa shape index (κ3) is 3.05. The predicted octanol–water partition coefficient (Wildman–Crippen LogP) is 1.84. The average molecular weight is 290 g/mol. The zero-order valence-electron chi connectivity index (χ0n) is 12.2. The van der Waals surface area contributed by atoms with E-state index in [2.05, 4.69) is 15.0 Å². The van der Waals surface area contributed by atoms with Gasteiger partial charge in [-0.1, -0.05) is 13.8 Å². The van der Waals surface area contributed by atoms with Crippen LogP contribution in [0, 0.1) is 0 Å². The Labute approximate surface area is 122 Å². The normalized spacial score (nSPS) is 11.0. The number of ether oxygens (including phenoxy) is 1. The quantitative estimate of drug-likeness (QED) is 0.577. The van der Waals surface area contributed by atoms with Crippen LogP contribution in [0.3, 0.4) is 0 Å². The number of carbonyl (C=O) groups is 2. The number of esters is 1. The number of ketones is 1. The summed E-state index contributed by atoms with van der Waals surface area (Å²) in [5.41, 5.74) is 0.994. The SMILES string of the molecule is COC(=O)c1cc2c(C(=O)CNC(C)C)ccc(O)c2[nH]1. The zero-order chi connectivity index (χ0) is 15.6. The number of methoxy groups -OCH3 is 1. The van der Waals surface area contributed by atoms with Crippen LogP contribution < -0.4 is 5.32 Å². The maximum Gasteiger partial charge on any atom is 0.354 e. The Morgan fingerprint density at radius 1 is 1.38 bits per heavy atom. The summed E-state index contributed by atoms with van der Waals surface area (Å²) in [6, 6.07) is 4.70. The van der Waals surface area contributed by atoms with Crippen molar-refractivity contribution in [3.05, 3.63) is 29.5 Å². The van der Waals surface area contributed by atoms with E-state index in [0.29, 0.717) is 16.5 Å². The average Bonchev–Trinajstić information content (AvgIpc) is 2.90. The molecule has 1 aromatic carbocycles. The van der Waals surface area contributed by atoms with Gasteiger partial charge in [-0.25, -0.2) is 4.79 Å². The number of phenols is 1. The first kappa shape index (κ1) is 15.1. The minimum atomic E-state index is -0.552. The highest BCUT2D eigenvalue weighted by Gasteiger charge is 2.17. The lowest BCUT2D eigenvalue weighted by Gasteiger charge is -2.08. The molecule has 2 aromatic rings. The smallest absolute Gasteiger partial charge is 0.354 e. The van der Waals surface area contributed by atoms with E-state index < -0.39 is 5.97 Å². The molecule has 0 aliphatic heterocycles. The molecule has 0 saturated heterocycles. The summed E-state index contributed by atoms with van der Waals surface area (Å²) in [5, 5.41) is 13.4. The number of aromatic hydroxyl groups is 1. The van der Waals surface area contributed by atoms with Gasteiger partial charge >= 0.3 is 5.97 Å². The highest BCUT2D eigenvalue weighted by Crippen LogP contribution is 2.28. The number of aromatic nitrogens is 1. The molecule has 0 atom stereocenters. The fourth-order valence-electron chi connectivity index (χ4n) is 2.06. The lowest BCUT2D eigenvalue weighted by Crippen LogP contribution is -2.29. The number of benzene rings is 1. The molecule has 112 valence electrons. The topological polar surface area (TPSA) is 91.4 Å². The van der Waals surface area contributed by atoms with E-state index in [4.69, 9.17) is 0 Å². The van der Waals surface area contributed by atoms with Crippen molar-refractivity contribution in [2.45, 2.75) is 19.9 Å². The van der Waals surface area contributed by atoms with Crippen LogP contribution in [0.25, 0.3) is 10.9 Å². The van der Waals surface area contributed by atoms with E-state index >= 15 is 0 Å². The van der Waals surface area contributed by atoms with E-state index in [9.17, 15) is 14.7 Å². The lowest BCUT2D eigenvalue weighted by molar-refractivity contribution is 0.0595. The molecule has 0 radical (unpaired) electrons. The summed E-state index contributed by atoms with van der Waals surface area (Å²) in [4.78, 5) is 26.6. The highest BCUT2D eigenvalue weighted by atomic mass is 16.5. The van der Waals surface area contributed by atoms with Crippen LogP contribution in [0.15, 0.2) is 18.2 Å². The molecular formula is C15H18N2O4. The van der Waals surface area contributed by atoms with Gasteiger partial charge in [-0.3, -0.25) is 4.79 Å². The molecule has 1 heterocycles. The molecule has 0 bridgehead atoms. The number of hydrogen-bond donors (Lipinski definition) is 3. The molecular weight excluding hydrogens is 272 g/mol. The van der Waals surface area contributed by atoms with Gasteiger partial charge in [0.05, 0.1) is 19.2 Å². The van der Waals surface area contributed by atoms with E-state index in [1.165, 1.54) is 19.2 Å². The number of rotatable bonds is 5. The molecule has 0 unspecified atom stereocenters. The Hall–Kier alpha value is -2.34. The number of Topliss-reactive ketones (excluding diaryl/α,β-unsaturated/α-hetero) is 1. The minimum Gasteiger partial charge on any atom is -0.506 e. The van der Waals surface area contributed by atoms with Gasteiger partial charge in [-0.05, 0) is 18.2 Å². The van der Waals surface area contributed by atoms with E-state index in [0.717, 1.165) is 0 Å². The largest absolute Gasteiger partial charge is 0.506 e. The maximum atomic E-state index is 12.2. The van der Waals surface area contributed by atoms with Gasteiger partial charge in [0, 0.05) is 17.0 Å². The second-order valence-electron chi connectivity index (χ2n) is 5.05. The minimum absolute atomic E-state index is 0.0199. The van der Waals surface area contributed by atoms with Gasteiger partial charge in [0.1, 0.15) is 11.4 Å². The summed E-state index contributed by atoms with van der Waals surface area (Å²) in [5.74, 6) is -0.679. The molecule has 0 aliphatic rings. The number of hydrogen-bond acceptors (Lipinski definition) is 5. The Bertz CT molecular complexity index is 688. The predicted molar refractivity (Wildman–Crippen MR) is 78.8 cm³/mol. The number of fused-ring (bicyclic) bond motifs is 1. The molecule has 1 aromatic heterocycles. The fourth-order valence-corrected chi connectivity index (χ4v) is 2.06. The van der Waals surface area contributed by atoms with Crippen LogP contribution in [0.4, 0.5) is 0 Å². The van der Waals surface area contributed by atoms with Gasteiger partial charge < -0.3 is 20.1 Å². The molecule has 6 heteroatoms. The van der Waals surface area contributed by atoms with Crippen LogP contribution in [-0.2, 0) is 4.74 Å².